The van der Waals surface area contributed by atoms with Gasteiger partial charge in [0.15, 0.2) is 0 Å². The van der Waals surface area contributed by atoms with E-state index in [2.05, 4.69) is 18.2 Å². The van der Waals surface area contributed by atoms with Gasteiger partial charge in [-0.05, 0) is 42.9 Å². The molecule has 0 saturated heterocycles. The maximum absolute atomic E-state index is 12.1. The molecule has 0 N–H and O–H groups in total. The molecule has 0 aromatic heterocycles. The molecule has 2 aliphatic carbocycles. The number of carbonyl (C=O) groups is 1. The van der Waals surface area contributed by atoms with E-state index in [4.69, 9.17) is 4.74 Å². The average Bonchev–Trinajstić information content (AvgIpc) is 2.84. The van der Waals surface area contributed by atoms with Gasteiger partial charge in [0.1, 0.15) is 11.6 Å². The van der Waals surface area contributed by atoms with Crippen molar-refractivity contribution >= 4 is 11.5 Å². The second kappa shape index (κ2) is 5.96. The van der Waals surface area contributed by atoms with E-state index in [0.717, 1.165) is 30.4 Å². The Bertz CT molecular complexity index is 660. The first-order chi connectivity index (χ1) is 10.7. The monoisotopic (exact) mass is 295 g/mol. The highest BCUT2D eigenvalue weighted by molar-refractivity contribution is 6.03. The number of nitriles is 1. The predicted molar refractivity (Wildman–Crippen MR) is 85.0 cm³/mol. The third kappa shape index (κ3) is 2.33. The summed E-state index contributed by atoms with van der Waals surface area (Å²) in [6, 6.07) is 10.4. The number of nitrogens with zero attached hydrogens (tertiary/aromatic N) is 1. The molecule has 1 aromatic rings. The van der Waals surface area contributed by atoms with Gasteiger partial charge in [-0.2, -0.15) is 5.26 Å². The first-order valence-corrected chi connectivity index (χ1v) is 8.12. The van der Waals surface area contributed by atoms with Crippen LogP contribution in [0.15, 0.2) is 29.8 Å². The van der Waals surface area contributed by atoms with Gasteiger partial charge in [-0.25, -0.2) is 4.79 Å². The Morgan fingerprint density at radius 1 is 1.27 bits per heavy atom. The lowest BCUT2D eigenvalue weighted by molar-refractivity contribution is -0.137. The van der Waals surface area contributed by atoms with E-state index in [1.807, 2.05) is 12.1 Å². The molecule has 1 saturated carbocycles. The summed E-state index contributed by atoms with van der Waals surface area (Å²) in [4.78, 5) is 12.1. The third-order valence-corrected chi connectivity index (χ3v) is 5.04. The van der Waals surface area contributed by atoms with Crippen molar-refractivity contribution in [2.24, 2.45) is 0 Å². The van der Waals surface area contributed by atoms with Gasteiger partial charge in [0, 0.05) is 5.41 Å². The minimum Gasteiger partial charge on any atom is -0.462 e. The molecule has 0 atom stereocenters. The van der Waals surface area contributed by atoms with Gasteiger partial charge in [-0.3, -0.25) is 0 Å². The smallest absolute Gasteiger partial charge is 0.349 e. The van der Waals surface area contributed by atoms with Gasteiger partial charge >= 0.3 is 5.97 Å². The Balaban J connectivity index is 2.11. The quantitative estimate of drug-likeness (QED) is 0.468. The first kappa shape index (κ1) is 14.8. The molecule has 1 fully saturated rings. The van der Waals surface area contributed by atoms with E-state index in [-0.39, 0.29) is 11.0 Å². The minimum atomic E-state index is -0.484. The van der Waals surface area contributed by atoms with Crippen LogP contribution in [0.3, 0.4) is 0 Å². The summed E-state index contributed by atoms with van der Waals surface area (Å²) < 4.78 is 5.08. The number of carbonyl (C=O) groups excluding carboxylic acids is 1. The maximum Gasteiger partial charge on any atom is 0.349 e. The number of rotatable bonds is 2. The maximum atomic E-state index is 12.1. The fourth-order valence-corrected chi connectivity index (χ4v) is 4.07. The molecule has 0 unspecified atom stereocenters. The van der Waals surface area contributed by atoms with Gasteiger partial charge in [0.2, 0.25) is 0 Å². The van der Waals surface area contributed by atoms with Crippen molar-refractivity contribution in [2.75, 3.05) is 6.61 Å². The number of hydrogen-bond acceptors (Lipinski definition) is 3. The van der Waals surface area contributed by atoms with Crippen molar-refractivity contribution in [2.45, 2.75) is 50.9 Å². The molecule has 114 valence electrons. The summed E-state index contributed by atoms with van der Waals surface area (Å²) >= 11 is 0. The number of hydrogen-bond donors (Lipinski definition) is 0. The fraction of sp³-hybridized carbons (Fsp3) is 0.474. The zero-order valence-corrected chi connectivity index (χ0v) is 13.0. The predicted octanol–water partition coefficient (Wildman–Crippen LogP) is 4.13. The van der Waals surface area contributed by atoms with E-state index in [0.29, 0.717) is 6.61 Å². The average molecular weight is 295 g/mol. The van der Waals surface area contributed by atoms with E-state index >= 15 is 0 Å². The van der Waals surface area contributed by atoms with Gasteiger partial charge < -0.3 is 4.74 Å². The van der Waals surface area contributed by atoms with Crippen molar-refractivity contribution in [1.29, 1.82) is 5.26 Å². The molecular formula is C19H21NO2. The van der Waals surface area contributed by atoms with E-state index in [1.54, 1.807) is 6.92 Å². The SMILES string of the molecule is CCOC(=O)/C(C#N)=C1/CC2(CCCCC2)c2ccccc21. The molecule has 1 spiro atoms. The van der Waals surface area contributed by atoms with Crippen LogP contribution in [0, 0.1) is 11.3 Å². The molecule has 0 amide bonds. The third-order valence-electron chi connectivity index (χ3n) is 5.04. The number of fused-ring (bicyclic) bond motifs is 2. The highest BCUT2D eigenvalue weighted by Crippen LogP contribution is 2.53. The Kier molecular flexibility index (Phi) is 4.02. The molecule has 3 rings (SSSR count). The first-order valence-electron chi connectivity index (χ1n) is 8.12. The lowest BCUT2D eigenvalue weighted by atomic mass is 9.70. The van der Waals surface area contributed by atoms with Gasteiger partial charge in [0.25, 0.3) is 0 Å². The summed E-state index contributed by atoms with van der Waals surface area (Å²) in [5.41, 5.74) is 3.60. The molecule has 2 aliphatic rings. The van der Waals surface area contributed by atoms with Crippen molar-refractivity contribution in [3.63, 3.8) is 0 Å². The standard InChI is InChI=1S/C19H21NO2/c1-2-22-18(21)16(13-20)15-12-19(10-6-3-7-11-19)17-9-5-4-8-14(15)17/h4-5,8-9H,2-3,6-7,10-12H2,1H3/b16-15-. The van der Waals surface area contributed by atoms with E-state index < -0.39 is 5.97 Å². The van der Waals surface area contributed by atoms with Gasteiger partial charge in [0.05, 0.1) is 6.61 Å². The number of esters is 1. The lowest BCUT2D eigenvalue weighted by Gasteiger charge is -2.34. The van der Waals surface area contributed by atoms with Crippen LogP contribution < -0.4 is 0 Å². The molecular weight excluding hydrogens is 274 g/mol. The second-order valence-corrected chi connectivity index (χ2v) is 6.25. The van der Waals surface area contributed by atoms with Crippen LogP contribution in [0.5, 0.6) is 0 Å². The van der Waals surface area contributed by atoms with Crippen LogP contribution in [-0.4, -0.2) is 12.6 Å². The van der Waals surface area contributed by atoms with Crippen molar-refractivity contribution in [1.82, 2.24) is 0 Å². The summed E-state index contributed by atoms with van der Waals surface area (Å²) in [5, 5.41) is 9.49. The molecule has 0 radical (unpaired) electrons. The van der Waals surface area contributed by atoms with Crippen LogP contribution in [0.1, 0.15) is 56.6 Å². The number of ether oxygens (including phenoxy) is 1. The summed E-state index contributed by atoms with van der Waals surface area (Å²) in [5.74, 6) is -0.484. The Labute approximate surface area is 131 Å². The van der Waals surface area contributed by atoms with Crippen LogP contribution in [0.4, 0.5) is 0 Å². The van der Waals surface area contributed by atoms with Crippen molar-refractivity contribution < 1.29 is 9.53 Å². The van der Waals surface area contributed by atoms with Crippen molar-refractivity contribution in [3.8, 4) is 6.07 Å². The van der Waals surface area contributed by atoms with Gasteiger partial charge in [-0.1, -0.05) is 43.5 Å². The van der Waals surface area contributed by atoms with E-state index in [9.17, 15) is 10.1 Å². The second-order valence-electron chi connectivity index (χ2n) is 6.25. The zero-order chi connectivity index (χ0) is 15.6. The lowest BCUT2D eigenvalue weighted by Crippen LogP contribution is -2.25. The molecule has 0 heterocycles. The molecule has 3 heteroatoms. The Morgan fingerprint density at radius 2 is 2.00 bits per heavy atom. The van der Waals surface area contributed by atoms with Crippen LogP contribution in [0.25, 0.3) is 5.57 Å². The van der Waals surface area contributed by atoms with E-state index in [1.165, 1.54) is 24.8 Å². The minimum absolute atomic E-state index is 0.124. The van der Waals surface area contributed by atoms with Crippen LogP contribution in [0.2, 0.25) is 0 Å². The number of allylic oxidation sites excluding steroid dienone is 1. The summed E-state index contributed by atoms with van der Waals surface area (Å²) in [6.07, 6.45) is 6.83. The van der Waals surface area contributed by atoms with Crippen molar-refractivity contribution in [3.05, 3.63) is 41.0 Å². The Morgan fingerprint density at radius 3 is 2.68 bits per heavy atom. The Hall–Kier alpha value is -2.08. The summed E-state index contributed by atoms with van der Waals surface area (Å²) in [6.45, 7) is 2.06. The van der Waals surface area contributed by atoms with Crippen LogP contribution >= 0.6 is 0 Å². The fourth-order valence-electron chi connectivity index (χ4n) is 4.07. The van der Waals surface area contributed by atoms with Gasteiger partial charge in [-0.15, -0.1) is 0 Å². The van der Waals surface area contributed by atoms with Crippen LogP contribution in [-0.2, 0) is 14.9 Å². The number of benzene rings is 1. The normalized spacial score (nSPS) is 21.1. The zero-order valence-electron chi connectivity index (χ0n) is 13.0. The molecule has 0 aliphatic heterocycles. The summed E-state index contributed by atoms with van der Waals surface area (Å²) in [7, 11) is 0. The molecule has 1 aromatic carbocycles. The molecule has 22 heavy (non-hydrogen) atoms. The molecule has 0 bridgehead atoms. The highest BCUT2D eigenvalue weighted by atomic mass is 16.5. The highest BCUT2D eigenvalue weighted by Gasteiger charge is 2.43. The largest absolute Gasteiger partial charge is 0.462 e. The topological polar surface area (TPSA) is 50.1 Å². The molecule has 3 nitrogen and oxygen atoms in total.